The highest BCUT2D eigenvalue weighted by molar-refractivity contribution is 7.89. The summed E-state index contributed by atoms with van der Waals surface area (Å²) >= 11 is 0. The summed E-state index contributed by atoms with van der Waals surface area (Å²) in [6, 6.07) is 0.0845. The van der Waals surface area contributed by atoms with Crippen molar-refractivity contribution in [2.24, 2.45) is 0 Å². The molecule has 1 aliphatic rings. The van der Waals surface area contributed by atoms with Gasteiger partial charge in [0.05, 0.1) is 12.4 Å². The first-order valence-electron chi connectivity index (χ1n) is 7.29. The molecule has 1 N–H and O–H groups in total. The van der Waals surface area contributed by atoms with Gasteiger partial charge in [0.25, 0.3) is 0 Å². The third-order valence-corrected chi connectivity index (χ3v) is 5.49. The van der Waals surface area contributed by atoms with Gasteiger partial charge in [-0.25, -0.2) is 8.42 Å². The van der Waals surface area contributed by atoms with Crippen LogP contribution in [0.3, 0.4) is 0 Å². The number of methoxy groups -OCH3 is 2. The van der Waals surface area contributed by atoms with E-state index in [-0.39, 0.29) is 11.8 Å². The zero-order chi connectivity index (χ0) is 14.8. The van der Waals surface area contributed by atoms with Gasteiger partial charge in [-0.1, -0.05) is 6.42 Å². The average molecular weight is 308 g/mol. The number of hydrogen-bond donors (Lipinski definition) is 1. The molecule has 0 aromatic carbocycles. The molecule has 1 rings (SSSR count). The van der Waals surface area contributed by atoms with Crippen molar-refractivity contribution in [3.8, 4) is 0 Å². The van der Waals surface area contributed by atoms with Crippen LogP contribution < -0.4 is 5.32 Å². The zero-order valence-corrected chi connectivity index (χ0v) is 13.5. The van der Waals surface area contributed by atoms with Gasteiger partial charge in [0.2, 0.25) is 10.0 Å². The third-order valence-electron chi connectivity index (χ3n) is 3.52. The highest BCUT2D eigenvalue weighted by atomic mass is 32.2. The molecule has 0 saturated carbocycles. The molecule has 0 spiro atoms. The second-order valence-electron chi connectivity index (χ2n) is 5.16. The first kappa shape index (κ1) is 17.8. The molecule has 1 atom stereocenters. The molecule has 1 aliphatic heterocycles. The summed E-state index contributed by atoms with van der Waals surface area (Å²) in [5.41, 5.74) is 0. The van der Waals surface area contributed by atoms with Crippen molar-refractivity contribution in [3.63, 3.8) is 0 Å². The average Bonchev–Trinajstić information content (AvgIpc) is 2.43. The Labute approximate surface area is 122 Å². The van der Waals surface area contributed by atoms with E-state index in [1.807, 2.05) is 0 Å². The lowest BCUT2D eigenvalue weighted by molar-refractivity contribution is 0.164. The van der Waals surface area contributed by atoms with Crippen LogP contribution in [0, 0.1) is 0 Å². The molecule has 0 radical (unpaired) electrons. The maximum absolute atomic E-state index is 12.5. The van der Waals surface area contributed by atoms with Crippen LogP contribution in [0.15, 0.2) is 0 Å². The lowest BCUT2D eigenvalue weighted by atomic mass is 10.1. The van der Waals surface area contributed by atoms with E-state index < -0.39 is 10.0 Å². The van der Waals surface area contributed by atoms with E-state index in [2.05, 4.69) is 5.32 Å². The minimum Gasteiger partial charge on any atom is -0.385 e. The van der Waals surface area contributed by atoms with Gasteiger partial charge in [-0.3, -0.25) is 0 Å². The Hall–Kier alpha value is -0.210. The molecule has 1 fully saturated rings. The summed E-state index contributed by atoms with van der Waals surface area (Å²) < 4.78 is 36.5. The second-order valence-corrected chi connectivity index (χ2v) is 7.18. The first-order valence-corrected chi connectivity index (χ1v) is 8.90. The van der Waals surface area contributed by atoms with Crippen LogP contribution in [0.1, 0.15) is 25.7 Å². The minimum atomic E-state index is -3.24. The highest BCUT2D eigenvalue weighted by Gasteiger charge is 2.26. The van der Waals surface area contributed by atoms with E-state index in [1.165, 1.54) is 4.31 Å². The van der Waals surface area contributed by atoms with E-state index in [1.54, 1.807) is 14.2 Å². The van der Waals surface area contributed by atoms with E-state index in [0.29, 0.717) is 32.7 Å². The van der Waals surface area contributed by atoms with Gasteiger partial charge in [-0.15, -0.1) is 0 Å². The molecule has 1 heterocycles. The number of hydrogen-bond acceptors (Lipinski definition) is 5. The molecule has 0 bridgehead atoms. The fraction of sp³-hybridized carbons (Fsp3) is 1.00. The van der Waals surface area contributed by atoms with Crippen LogP contribution in [-0.2, 0) is 19.5 Å². The van der Waals surface area contributed by atoms with Crippen LogP contribution in [0.25, 0.3) is 0 Å². The lowest BCUT2D eigenvalue weighted by Gasteiger charge is -2.27. The number of nitrogens with one attached hydrogen (secondary N) is 1. The van der Waals surface area contributed by atoms with Gasteiger partial charge in [0, 0.05) is 40.0 Å². The lowest BCUT2D eigenvalue weighted by Crippen LogP contribution is -2.45. The van der Waals surface area contributed by atoms with Crippen LogP contribution >= 0.6 is 0 Å². The topological polar surface area (TPSA) is 67.9 Å². The van der Waals surface area contributed by atoms with Crippen LogP contribution in [0.5, 0.6) is 0 Å². The van der Waals surface area contributed by atoms with E-state index in [4.69, 9.17) is 9.47 Å². The number of rotatable bonds is 10. The van der Waals surface area contributed by atoms with Crippen molar-refractivity contribution in [1.82, 2.24) is 9.62 Å². The number of sulfonamides is 1. The molecule has 0 aromatic rings. The predicted octanol–water partition coefficient (Wildman–Crippen LogP) is 0.443. The van der Waals surface area contributed by atoms with Gasteiger partial charge in [-0.05, 0) is 25.8 Å². The monoisotopic (exact) mass is 308 g/mol. The Morgan fingerprint density at radius 1 is 1.15 bits per heavy atom. The van der Waals surface area contributed by atoms with E-state index in [0.717, 1.165) is 25.8 Å². The first-order chi connectivity index (χ1) is 9.60. The molecule has 0 aliphatic carbocycles. The summed E-state index contributed by atoms with van der Waals surface area (Å²) in [7, 11) is -0.0285. The molecular weight excluding hydrogens is 280 g/mol. The Morgan fingerprint density at radius 3 is 2.50 bits per heavy atom. The molecule has 1 unspecified atom stereocenters. The van der Waals surface area contributed by atoms with Crippen molar-refractivity contribution in [3.05, 3.63) is 0 Å². The van der Waals surface area contributed by atoms with Gasteiger partial charge in [0.1, 0.15) is 0 Å². The minimum absolute atomic E-state index is 0.0845. The Kier molecular flexibility index (Phi) is 8.63. The van der Waals surface area contributed by atoms with E-state index >= 15 is 0 Å². The molecule has 120 valence electrons. The quantitative estimate of drug-likeness (QED) is 0.593. The zero-order valence-electron chi connectivity index (χ0n) is 12.6. The molecule has 1 saturated heterocycles. The van der Waals surface area contributed by atoms with Crippen molar-refractivity contribution in [2.75, 3.05) is 52.8 Å². The highest BCUT2D eigenvalue weighted by Crippen LogP contribution is 2.12. The summed E-state index contributed by atoms with van der Waals surface area (Å²) in [4.78, 5) is 0. The molecule has 0 amide bonds. The van der Waals surface area contributed by atoms with E-state index in [9.17, 15) is 8.42 Å². The summed E-state index contributed by atoms with van der Waals surface area (Å²) in [5.74, 6) is 0.184. The fourth-order valence-corrected chi connectivity index (χ4v) is 4.16. The predicted molar refractivity (Wildman–Crippen MR) is 79.4 cm³/mol. The van der Waals surface area contributed by atoms with Gasteiger partial charge in [-0.2, -0.15) is 4.31 Å². The maximum Gasteiger partial charge on any atom is 0.215 e. The van der Waals surface area contributed by atoms with Gasteiger partial charge < -0.3 is 14.8 Å². The fourth-order valence-electron chi connectivity index (χ4n) is 2.39. The Bertz CT molecular complexity index is 342. The normalized spacial score (nSPS) is 20.4. The Balaban J connectivity index is 2.54. The second kappa shape index (κ2) is 9.68. The third kappa shape index (κ3) is 6.49. The Morgan fingerprint density at radius 2 is 1.90 bits per heavy atom. The largest absolute Gasteiger partial charge is 0.385 e. The molecule has 0 aromatic heterocycles. The summed E-state index contributed by atoms with van der Waals surface area (Å²) in [6.45, 7) is 2.81. The van der Waals surface area contributed by atoms with Crippen LogP contribution in [0.4, 0.5) is 0 Å². The van der Waals surface area contributed by atoms with Crippen molar-refractivity contribution >= 4 is 10.0 Å². The number of ether oxygens (including phenoxy) is 2. The van der Waals surface area contributed by atoms with Gasteiger partial charge in [0.15, 0.2) is 0 Å². The van der Waals surface area contributed by atoms with Crippen LogP contribution in [0.2, 0.25) is 0 Å². The van der Waals surface area contributed by atoms with Crippen molar-refractivity contribution < 1.29 is 17.9 Å². The molecular formula is C13H28N2O4S. The standard InChI is InChI=1S/C13H28N2O4S/c1-18-10-5-8-15(9-11-19-2)20(16,17)12-13-6-3-4-7-14-13/h13-14H,3-12H2,1-2H3. The van der Waals surface area contributed by atoms with Gasteiger partial charge >= 0.3 is 0 Å². The summed E-state index contributed by atoms with van der Waals surface area (Å²) in [5, 5.41) is 3.29. The molecule has 7 heteroatoms. The smallest absolute Gasteiger partial charge is 0.215 e. The SMILES string of the molecule is COCCCN(CCOC)S(=O)(=O)CC1CCCCN1. The maximum atomic E-state index is 12.5. The number of piperidine rings is 1. The molecule has 6 nitrogen and oxygen atoms in total. The van der Waals surface area contributed by atoms with Crippen molar-refractivity contribution in [1.29, 1.82) is 0 Å². The summed E-state index contributed by atoms with van der Waals surface area (Å²) in [6.07, 6.45) is 3.89. The van der Waals surface area contributed by atoms with Crippen LogP contribution in [-0.4, -0.2) is 71.6 Å². The number of nitrogens with zero attached hydrogens (tertiary/aromatic N) is 1. The molecule has 20 heavy (non-hydrogen) atoms. The van der Waals surface area contributed by atoms with Crippen molar-refractivity contribution in [2.45, 2.75) is 31.7 Å².